The van der Waals surface area contributed by atoms with Gasteiger partial charge in [-0.1, -0.05) is 85.7 Å². The summed E-state index contributed by atoms with van der Waals surface area (Å²) in [7, 11) is 0. The van der Waals surface area contributed by atoms with E-state index in [1.165, 1.54) is 0 Å². The average molecular weight is 347 g/mol. The van der Waals surface area contributed by atoms with E-state index in [-0.39, 0.29) is 5.78 Å². The SMILES string of the molecule is CC.CC.CC.CC.CC(=O)c1ccc(OCc2ccccc2)cc1. The van der Waals surface area contributed by atoms with E-state index in [0.29, 0.717) is 12.2 Å². The molecule has 0 unspecified atom stereocenters. The highest BCUT2D eigenvalue weighted by Crippen LogP contribution is 2.14. The third kappa shape index (κ3) is 14.0. The van der Waals surface area contributed by atoms with Crippen LogP contribution in [0.25, 0.3) is 0 Å². The van der Waals surface area contributed by atoms with Crippen molar-refractivity contribution in [1.29, 1.82) is 0 Å². The summed E-state index contributed by atoms with van der Waals surface area (Å²) in [4.78, 5) is 11.1. The molecular formula is C23H38O2. The van der Waals surface area contributed by atoms with Crippen molar-refractivity contribution >= 4 is 5.78 Å². The van der Waals surface area contributed by atoms with Crippen LogP contribution in [0.1, 0.15) is 78.2 Å². The molecule has 2 aromatic carbocycles. The van der Waals surface area contributed by atoms with E-state index >= 15 is 0 Å². The monoisotopic (exact) mass is 346 g/mol. The van der Waals surface area contributed by atoms with Crippen LogP contribution in [0.5, 0.6) is 5.75 Å². The largest absolute Gasteiger partial charge is 0.489 e. The molecule has 0 spiro atoms. The zero-order valence-electron chi connectivity index (χ0n) is 17.7. The van der Waals surface area contributed by atoms with Crippen molar-refractivity contribution in [3.8, 4) is 5.75 Å². The van der Waals surface area contributed by atoms with Crippen LogP contribution in [0.3, 0.4) is 0 Å². The molecule has 0 radical (unpaired) electrons. The Morgan fingerprint density at radius 1 is 0.720 bits per heavy atom. The molecule has 2 nitrogen and oxygen atoms in total. The van der Waals surface area contributed by atoms with Crippen LogP contribution in [0.15, 0.2) is 54.6 Å². The second-order valence-electron chi connectivity index (χ2n) is 3.85. The molecule has 2 aromatic rings. The fourth-order valence-electron chi connectivity index (χ4n) is 1.53. The Morgan fingerprint density at radius 3 is 1.56 bits per heavy atom. The molecule has 0 amide bonds. The Morgan fingerprint density at radius 2 is 1.16 bits per heavy atom. The average Bonchev–Trinajstić information content (AvgIpc) is 2.73. The lowest BCUT2D eigenvalue weighted by molar-refractivity contribution is 0.101. The topological polar surface area (TPSA) is 26.3 Å². The minimum atomic E-state index is 0.0691. The normalized spacial score (nSPS) is 7.72. The van der Waals surface area contributed by atoms with Crippen molar-refractivity contribution in [1.82, 2.24) is 0 Å². The summed E-state index contributed by atoms with van der Waals surface area (Å²) < 4.78 is 5.62. The van der Waals surface area contributed by atoms with E-state index in [2.05, 4.69) is 0 Å². The maximum Gasteiger partial charge on any atom is 0.159 e. The van der Waals surface area contributed by atoms with E-state index in [1.54, 1.807) is 19.1 Å². The summed E-state index contributed by atoms with van der Waals surface area (Å²) in [6, 6.07) is 17.2. The molecule has 0 aliphatic carbocycles. The first-order valence-corrected chi connectivity index (χ1v) is 9.53. The predicted molar refractivity (Wildman–Crippen MR) is 113 cm³/mol. The zero-order chi connectivity index (χ0) is 20.1. The van der Waals surface area contributed by atoms with Crippen molar-refractivity contribution < 1.29 is 9.53 Å². The third-order valence-corrected chi connectivity index (χ3v) is 2.51. The second-order valence-corrected chi connectivity index (χ2v) is 3.85. The van der Waals surface area contributed by atoms with Crippen LogP contribution in [0.2, 0.25) is 0 Å². The summed E-state index contributed by atoms with van der Waals surface area (Å²) >= 11 is 0. The molecule has 0 aliphatic heterocycles. The van der Waals surface area contributed by atoms with E-state index < -0.39 is 0 Å². The van der Waals surface area contributed by atoms with Gasteiger partial charge in [-0.05, 0) is 36.8 Å². The summed E-state index contributed by atoms with van der Waals surface area (Å²) in [5.74, 6) is 0.846. The van der Waals surface area contributed by atoms with E-state index in [9.17, 15) is 4.79 Å². The number of ketones is 1. The fraction of sp³-hybridized carbons (Fsp3) is 0.435. The summed E-state index contributed by atoms with van der Waals surface area (Å²) in [5.41, 5.74) is 1.83. The van der Waals surface area contributed by atoms with Gasteiger partial charge in [-0.25, -0.2) is 0 Å². The molecule has 0 saturated carbocycles. The maximum atomic E-state index is 11.1. The highest BCUT2D eigenvalue weighted by Gasteiger charge is 1.99. The lowest BCUT2D eigenvalue weighted by Crippen LogP contribution is -1.96. The van der Waals surface area contributed by atoms with Gasteiger partial charge in [0.1, 0.15) is 12.4 Å². The van der Waals surface area contributed by atoms with Crippen LogP contribution in [0.4, 0.5) is 0 Å². The minimum Gasteiger partial charge on any atom is -0.489 e. The Balaban J connectivity index is -0.000000533. The van der Waals surface area contributed by atoms with Gasteiger partial charge in [0.05, 0.1) is 0 Å². The van der Waals surface area contributed by atoms with Gasteiger partial charge in [0.15, 0.2) is 5.78 Å². The van der Waals surface area contributed by atoms with Crippen LogP contribution >= 0.6 is 0 Å². The molecule has 0 aromatic heterocycles. The number of carbonyl (C=O) groups excluding carboxylic acids is 1. The lowest BCUT2D eigenvalue weighted by atomic mass is 10.1. The van der Waals surface area contributed by atoms with Gasteiger partial charge in [-0.15, -0.1) is 0 Å². The first-order chi connectivity index (χ1) is 12.3. The molecule has 0 aliphatic rings. The number of rotatable bonds is 4. The predicted octanol–water partition coefficient (Wildman–Crippen LogP) is 7.57. The first-order valence-electron chi connectivity index (χ1n) is 9.53. The Labute approximate surface area is 156 Å². The Kier molecular flexibility index (Phi) is 24.3. The number of ether oxygens (including phenoxy) is 1. The fourth-order valence-corrected chi connectivity index (χ4v) is 1.53. The van der Waals surface area contributed by atoms with E-state index in [1.807, 2.05) is 97.9 Å². The molecular weight excluding hydrogens is 308 g/mol. The Hall–Kier alpha value is -2.09. The number of hydrogen-bond acceptors (Lipinski definition) is 2. The Bertz CT molecular complexity index is 487. The van der Waals surface area contributed by atoms with Crippen LogP contribution in [-0.2, 0) is 6.61 Å². The smallest absolute Gasteiger partial charge is 0.159 e. The van der Waals surface area contributed by atoms with Crippen LogP contribution in [0, 0.1) is 0 Å². The maximum absolute atomic E-state index is 11.1. The van der Waals surface area contributed by atoms with Crippen molar-refractivity contribution in [2.24, 2.45) is 0 Å². The van der Waals surface area contributed by atoms with Gasteiger partial charge in [0.2, 0.25) is 0 Å². The molecule has 0 heterocycles. The van der Waals surface area contributed by atoms with Gasteiger partial charge in [0.25, 0.3) is 0 Å². The molecule has 0 fully saturated rings. The van der Waals surface area contributed by atoms with Gasteiger partial charge in [-0.2, -0.15) is 0 Å². The summed E-state index contributed by atoms with van der Waals surface area (Å²) in [5, 5.41) is 0. The van der Waals surface area contributed by atoms with E-state index in [0.717, 1.165) is 11.3 Å². The number of carbonyl (C=O) groups is 1. The van der Waals surface area contributed by atoms with Crippen molar-refractivity contribution in [2.75, 3.05) is 0 Å². The van der Waals surface area contributed by atoms with Crippen molar-refractivity contribution in [3.63, 3.8) is 0 Å². The van der Waals surface area contributed by atoms with Gasteiger partial charge < -0.3 is 4.74 Å². The van der Waals surface area contributed by atoms with Gasteiger partial charge in [0, 0.05) is 5.56 Å². The molecule has 0 bridgehead atoms. The first kappa shape index (κ1) is 27.7. The van der Waals surface area contributed by atoms with Crippen molar-refractivity contribution in [2.45, 2.75) is 68.9 Å². The van der Waals surface area contributed by atoms with Gasteiger partial charge >= 0.3 is 0 Å². The molecule has 0 saturated heterocycles. The number of benzene rings is 2. The second kappa shape index (κ2) is 21.9. The molecule has 0 atom stereocenters. The van der Waals surface area contributed by atoms with Crippen molar-refractivity contribution in [3.05, 3.63) is 65.7 Å². The van der Waals surface area contributed by atoms with Gasteiger partial charge in [-0.3, -0.25) is 4.79 Å². The molecule has 142 valence electrons. The molecule has 2 rings (SSSR count). The van der Waals surface area contributed by atoms with Crippen LogP contribution < -0.4 is 4.74 Å². The molecule has 25 heavy (non-hydrogen) atoms. The number of Topliss-reactive ketones (excluding diaryl/α,β-unsaturated/α-hetero) is 1. The highest BCUT2D eigenvalue weighted by atomic mass is 16.5. The standard InChI is InChI=1S/C15H14O2.4C2H6/c1-12(16)14-7-9-15(10-8-14)17-11-13-5-3-2-4-6-13;4*1-2/h2-10H,11H2,1H3;4*1-2H3. The lowest BCUT2D eigenvalue weighted by Gasteiger charge is -2.06. The third-order valence-electron chi connectivity index (χ3n) is 2.51. The molecule has 2 heteroatoms. The summed E-state index contributed by atoms with van der Waals surface area (Å²) in [6.07, 6.45) is 0. The zero-order valence-corrected chi connectivity index (χ0v) is 17.7. The highest BCUT2D eigenvalue weighted by molar-refractivity contribution is 5.94. The minimum absolute atomic E-state index is 0.0691. The number of hydrogen-bond donors (Lipinski definition) is 0. The molecule has 0 N–H and O–H groups in total. The quantitative estimate of drug-likeness (QED) is 0.533. The summed E-state index contributed by atoms with van der Waals surface area (Å²) in [6.45, 7) is 18.1. The van der Waals surface area contributed by atoms with E-state index in [4.69, 9.17) is 4.74 Å². The van der Waals surface area contributed by atoms with Crippen LogP contribution in [-0.4, -0.2) is 5.78 Å².